The van der Waals surface area contributed by atoms with E-state index in [0.717, 1.165) is 24.5 Å². The van der Waals surface area contributed by atoms with Gasteiger partial charge in [0, 0.05) is 12.6 Å². The van der Waals surface area contributed by atoms with E-state index in [0.29, 0.717) is 6.04 Å². The molecule has 16 heavy (non-hydrogen) atoms. The molecular weight excluding hydrogens is 216 g/mol. The van der Waals surface area contributed by atoms with E-state index in [1.165, 1.54) is 5.56 Å². The van der Waals surface area contributed by atoms with Gasteiger partial charge in [0.25, 0.3) is 0 Å². The predicted octanol–water partition coefficient (Wildman–Crippen LogP) is 2.49. The summed E-state index contributed by atoms with van der Waals surface area (Å²) in [7, 11) is 0. The highest BCUT2D eigenvalue weighted by molar-refractivity contribution is 7.80. The van der Waals surface area contributed by atoms with Crippen LogP contribution in [0, 0.1) is 0 Å². The summed E-state index contributed by atoms with van der Waals surface area (Å²) in [5.74, 6) is 0. The topological polar surface area (TPSA) is 24.1 Å². The fourth-order valence-electron chi connectivity index (χ4n) is 1.34. The molecule has 88 valence electrons. The third-order valence-electron chi connectivity index (χ3n) is 2.53. The van der Waals surface area contributed by atoms with Gasteiger partial charge in [0.2, 0.25) is 0 Å². The summed E-state index contributed by atoms with van der Waals surface area (Å²) in [5.41, 5.74) is 1.33. The Hall–Kier alpha value is -1.09. The van der Waals surface area contributed by atoms with Gasteiger partial charge in [-0.1, -0.05) is 37.3 Å². The standard InChI is InChI=1S/C13H20N2S/c1-3-11(2)15-13(16)14-10-9-12-7-5-4-6-8-12/h4-8,11H,3,9-10H2,1-2H3,(H2,14,15,16)/t11-/m1/s1. The molecule has 1 aromatic rings. The highest BCUT2D eigenvalue weighted by Crippen LogP contribution is 1.98. The van der Waals surface area contributed by atoms with Crippen molar-refractivity contribution >= 4 is 17.3 Å². The zero-order chi connectivity index (χ0) is 11.8. The molecule has 1 aromatic carbocycles. The lowest BCUT2D eigenvalue weighted by atomic mass is 10.1. The van der Waals surface area contributed by atoms with Gasteiger partial charge < -0.3 is 10.6 Å². The molecule has 2 nitrogen and oxygen atoms in total. The summed E-state index contributed by atoms with van der Waals surface area (Å²) in [6.07, 6.45) is 2.09. The number of benzene rings is 1. The Labute approximate surface area is 103 Å². The fraction of sp³-hybridized carbons (Fsp3) is 0.462. The van der Waals surface area contributed by atoms with Gasteiger partial charge >= 0.3 is 0 Å². The molecule has 0 saturated carbocycles. The molecule has 0 aliphatic carbocycles. The van der Waals surface area contributed by atoms with Gasteiger partial charge in [-0.15, -0.1) is 0 Å². The maximum atomic E-state index is 5.19. The van der Waals surface area contributed by atoms with Crippen molar-refractivity contribution in [1.82, 2.24) is 10.6 Å². The second-order valence-electron chi connectivity index (χ2n) is 3.95. The maximum Gasteiger partial charge on any atom is 0.166 e. The van der Waals surface area contributed by atoms with E-state index in [-0.39, 0.29) is 0 Å². The largest absolute Gasteiger partial charge is 0.362 e. The van der Waals surface area contributed by atoms with E-state index in [4.69, 9.17) is 12.2 Å². The van der Waals surface area contributed by atoms with E-state index >= 15 is 0 Å². The monoisotopic (exact) mass is 236 g/mol. The predicted molar refractivity (Wildman–Crippen MR) is 73.6 cm³/mol. The van der Waals surface area contributed by atoms with Gasteiger partial charge in [-0.3, -0.25) is 0 Å². The minimum absolute atomic E-state index is 0.441. The molecule has 0 aromatic heterocycles. The Balaban J connectivity index is 2.18. The van der Waals surface area contributed by atoms with Gasteiger partial charge in [0.05, 0.1) is 0 Å². The quantitative estimate of drug-likeness (QED) is 0.768. The molecule has 1 atom stereocenters. The summed E-state index contributed by atoms with van der Waals surface area (Å²) in [6, 6.07) is 10.9. The lowest BCUT2D eigenvalue weighted by Gasteiger charge is -2.15. The maximum absolute atomic E-state index is 5.19. The number of thiocarbonyl (C=S) groups is 1. The first-order chi connectivity index (χ1) is 7.72. The van der Waals surface area contributed by atoms with Crippen molar-refractivity contribution in [3.05, 3.63) is 35.9 Å². The number of nitrogens with one attached hydrogen (secondary N) is 2. The van der Waals surface area contributed by atoms with Gasteiger partial charge in [-0.2, -0.15) is 0 Å². The summed E-state index contributed by atoms with van der Waals surface area (Å²) in [6.45, 7) is 5.15. The first kappa shape index (κ1) is 13.0. The minimum atomic E-state index is 0.441. The van der Waals surface area contributed by atoms with Gasteiger partial charge in [-0.05, 0) is 37.5 Å². The van der Waals surface area contributed by atoms with Crippen LogP contribution in [-0.2, 0) is 6.42 Å². The SMILES string of the molecule is CC[C@@H](C)NC(=S)NCCc1ccccc1. The normalized spacial score (nSPS) is 11.9. The summed E-state index contributed by atoms with van der Waals surface area (Å²) < 4.78 is 0. The molecule has 0 amide bonds. The summed E-state index contributed by atoms with van der Waals surface area (Å²) in [4.78, 5) is 0. The second-order valence-corrected chi connectivity index (χ2v) is 4.35. The molecular formula is C13H20N2S. The van der Waals surface area contributed by atoms with Crippen LogP contribution >= 0.6 is 12.2 Å². The van der Waals surface area contributed by atoms with Gasteiger partial charge in [0.1, 0.15) is 0 Å². The lowest BCUT2D eigenvalue weighted by Crippen LogP contribution is -2.40. The highest BCUT2D eigenvalue weighted by Gasteiger charge is 2.00. The molecule has 1 rings (SSSR count). The summed E-state index contributed by atoms with van der Waals surface area (Å²) >= 11 is 5.19. The van der Waals surface area contributed by atoms with Crippen LogP contribution in [0.25, 0.3) is 0 Å². The average molecular weight is 236 g/mol. The van der Waals surface area contributed by atoms with Crippen molar-refractivity contribution in [2.45, 2.75) is 32.7 Å². The third-order valence-corrected chi connectivity index (χ3v) is 2.79. The molecule has 0 unspecified atom stereocenters. The summed E-state index contributed by atoms with van der Waals surface area (Å²) in [5, 5.41) is 7.21. The van der Waals surface area contributed by atoms with Crippen LogP contribution in [0.4, 0.5) is 0 Å². The molecule has 0 bridgehead atoms. The van der Waals surface area contributed by atoms with Crippen LogP contribution < -0.4 is 10.6 Å². The van der Waals surface area contributed by atoms with E-state index in [2.05, 4.69) is 48.7 Å². The van der Waals surface area contributed by atoms with Crippen LogP contribution in [0.2, 0.25) is 0 Å². The number of hydrogen-bond donors (Lipinski definition) is 2. The van der Waals surface area contributed by atoms with Gasteiger partial charge in [-0.25, -0.2) is 0 Å². The van der Waals surface area contributed by atoms with Crippen LogP contribution in [0.3, 0.4) is 0 Å². The number of hydrogen-bond acceptors (Lipinski definition) is 1. The van der Waals surface area contributed by atoms with Crippen molar-refractivity contribution < 1.29 is 0 Å². The molecule has 0 heterocycles. The number of rotatable bonds is 5. The van der Waals surface area contributed by atoms with E-state index in [1.807, 2.05) is 6.07 Å². The molecule has 0 aliphatic heterocycles. The molecule has 3 heteroatoms. The zero-order valence-corrected chi connectivity index (χ0v) is 10.8. The second kappa shape index (κ2) is 7.23. The highest BCUT2D eigenvalue weighted by atomic mass is 32.1. The van der Waals surface area contributed by atoms with Crippen LogP contribution in [0.15, 0.2) is 30.3 Å². The minimum Gasteiger partial charge on any atom is -0.362 e. The Bertz CT molecular complexity index is 311. The van der Waals surface area contributed by atoms with E-state index in [9.17, 15) is 0 Å². The molecule has 2 N–H and O–H groups in total. The van der Waals surface area contributed by atoms with Crippen molar-refractivity contribution in [2.24, 2.45) is 0 Å². The van der Waals surface area contributed by atoms with E-state index < -0.39 is 0 Å². The molecule has 0 saturated heterocycles. The Morgan fingerprint density at radius 2 is 2.00 bits per heavy atom. The van der Waals surface area contributed by atoms with Crippen molar-refractivity contribution in [2.75, 3.05) is 6.54 Å². The average Bonchev–Trinajstić information content (AvgIpc) is 2.30. The van der Waals surface area contributed by atoms with Crippen molar-refractivity contribution in [3.8, 4) is 0 Å². The van der Waals surface area contributed by atoms with Crippen molar-refractivity contribution in [1.29, 1.82) is 0 Å². The Kier molecular flexibility index (Phi) is 5.86. The van der Waals surface area contributed by atoms with Crippen molar-refractivity contribution in [3.63, 3.8) is 0 Å². The zero-order valence-electron chi connectivity index (χ0n) is 9.99. The van der Waals surface area contributed by atoms with E-state index in [1.54, 1.807) is 0 Å². The van der Waals surface area contributed by atoms with Crippen LogP contribution in [0.5, 0.6) is 0 Å². The first-order valence-electron chi connectivity index (χ1n) is 5.80. The van der Waals surface area contributed by atoms with Gasteiger partial charge in [0.15, 0.2) is 5.11 Å². The fourth-order valence-corrected chi connectivity index (χ4v) is 1.65. The third kappa shape index (κ3) is 5.12. The Morgan fingerprint density at radius 1 is 1.31 bits per heavy atom. The smallest absolute Gasteiger partial charge is 0.166 e. The molecule has 0 aliphatic rings. The Morgan fingerprint density at radius 3 is 2.62 bits per heavy atom. The molecule has 0 fully saturated rings. The van der Waals surface area contributed by atoms with Crippen LogP contribution in [-0.4, -0.2) is 17.7 Å². The molecule has 0 radical (unpaired) electrons. The lowest BCUT2D eigenvalue weighted by molar-refractivity contribution is 0.632. The first-order valence-corrected chi connectivity index (χ1v) is 6.21. The molecule has 0 spiro atoms. The van der Waals surface area contributed by atoms with Crippen LogP contribution in [0.1, 0.15) is 25.8 Å².